The number of benzene rings is 2. The molecule has 0 bridgehead atoms. The third kappa shape index (κ3) is 5.47. The Kier molecular flexibility index (Phi) is 5.34. The molecule has 0 aromatic heterocycles. The van der Waals surface area contributed by atoms with Gasteiger partial charge in [0.05, 0.1) is 5.56 Å². The van der Waals surface area contributed by atoms with Gasteiger partial charge in [-0.05, 0) is 49.2 Å². The first kappa shape index (κ1) is 18.8. The molecule has 2 amide bonds. The molecule has 1 aliphatic rings. The minimum absolute atomic E-state index is 0.0497. The summed E-state index contributed by atoms with van der Waals surface area (Å²) in [5.74, 6) is -0.570. The van der Waals surface area contributed by atoms with Gasteiger partial charge in [-0.25, -0.2) is 0 Å². The van der Waals surface area contributed by atoms with Crippen LogP contribution >= 0.6 is 0 Å². The van der Waals surface area contributed by atoms with Gasteiger partial charge in [0.1, 0.15) is 5.75 Å². The molecule has 0 spiro atoms. The number of hydrogen-bond acceptors (Lipinski definition) is 3. The highest BCUT2D eigenvalue weighted by molar-refractivity contribution is 5.96. The fraction of sp³-hybridized carbons (Fsp3) is 0.263. The van der Waals surface area contributed by atoms with Crippen molar-refractivity contribution in [3.8, 4) is 5.75 Å². The fourth-order valence-corrected chi connectivity index (χ4v) is 2.37. The summed E-state index contributed by atoms with van der Waals surface area (Å²) in [6, 6.07) is 10.9. The predicted molar refractivity (Wildman–Crippen MR) is 93.4 cm³/mol. The maximum absolute atomic E-state index is 12.7. The molecule has 27 heavy (non-hydrogen) atoms. The van der Waals surface area contributed by atoms with Crippen molar-refractivity contribution in [2.75, 3.05) is 17.2 Å². The first-order valence-electron chi connectivity index (χ1n) is 8.32. The molecule has 0 aliphatic heterocycles. The van der Waals surface area contributed by atoms with Crippen LogP contribution in [0.25, 0.3) is 0 Å². The summed E-state index contributed by atoms with van der Waals surface area (Å²) in [7, 11) is 0. The Morgan fingerprint density at radius 3 is 2.33 bits per heavy atom. The Labute approximate surface area is 153 Å². The minimum Gasteiger partial charge on any atom is -0.484 e. The first-order chi connectivity index (χ1) is 12.8. The van der Waals surface area contributed by atoms with Crippen LogP contribution in [0.5, 0.6) is 5.75 Å². The second-order valence-corrected chi connectivity index (χ2v) is 6.21. The Morgan fingerprint density at radius 2 is 1.67 bits per heavy atom. The largest absolute Gasteiger partial charge is 0.484 e. The van der Waals surface area contributed by atoms with Crippen molar-refractivity contribution >= 4 is 23.2 Å². The minimum atomic E-state index is -4.48. The van der Waals surface area contributed by atoms with E-state index in [4.69, 9.17) is 4.74 Å². The molecule has 2 aromatic carbocycles. The molecule has 8 heteroatoms. The Morgan fingerprint density at radius 1 is 1.00 bits per heavy atom. The molecule has 0 heterocycles. The van der Waals surface area contributed by atoms with E-state index in [2.05, 4.69) is 10.6 Å². The van der Waals surface area contributed by atoms with E-state index in [1.54, 1.807) is 24.3 Å². The number of rotatable bonds is 6. The quantitative estimate of drug-likeness (QED) is 0.796. The fourth-order valence-electron chi connectivity index (χ4n) is 2.37. The van der Waals surface area contributed by atoms with Gasteiger partial charge in [0.2, 0.25) is 5.91 Å². The molecular weight excluding hydrogens is 361 g/mol. The molecule has 1 saturated carbocycles. The van der Waals surface area contributed by atoms with Gasteiger partial charge in [-0.15, -0.1) is 0 Å². The van der Waals surface area contributed by atoms with Gasteiger partial charge in [0, 0.05) is 17.3 Å². The van der Waals surface area contributed by atoms with E-state index in [9.17, 15) is 22.8 Å². The lowest BCUT2D eigenvalue weighted by molar-refractivity contribution is -0.137. The van der Waals surface area contributed by atoms with Crippen LogP contribution in [-0.2, 0) is 15.8 Å². The first-order valence-corrected chi connectivity index (χ1v) is 8.32. The molecule has 3 rings (SSSR count). The number of amides is 2. The van der Waals surface area contributed by atoms with E-state index in [0.29, 0.717) is 11.4 Å². The topological polar surface area (TPSA) is 67.4 Å². The monoisotopic (exact) mass is 378 g/mol. The Balaban J connectivity index is 1.54. The predicted octanol–water partition coefficient (Wildman–Crippen LogP) is 4.07. The molecular formula is C19H17F3N2O3. The van der Waals surface area contributed by atoms with Gasteiger partial charge in [0.25, 0.3) is 5.91 Å². The summed E-state index contributed by atoms with van der Waals surface area (Å²) in [4.78, 5) is 23.7. The van der Waals surface area contributed by atoms with E-state index in [-0.39, 0.29) is 17.6 Å². The molecule has 0 unspecified atom stereocenters. The van der Waals surface area contributed by atoms with Gasteiger partial charge < -0.3 is 15.4 Å². The van der Waals surface area contributed by atoms with Crippen LogP contribution in [0.3, 0.4) is 0 Å². The van der Waals surface area contributed by atoms with Crippen molar-refractivity contribution < 1.29 is 27.5 Å². The Bertz CT molecular complexity index is 848. The van der Waals surface area contributed by atoms with Crippen LogP contribution < -0.4 is 15.4 Å². The van der Waals surface area contributed by atoms with Gasteiger partial charge in [0.15, 0.2) is 6.61 Å². The van der Waals surface area contributed by atoms with Crippen LogP contribution in [0.4, 0.5) is 24.5 Å². The summed E-state index contributed by atoms with van der Waals surface area (Å²) in [5.41, 5.74) is 0.157. The molecule has 0 radical (unpaired) electrons. The standard InChI is InChI=1S/C19H17F3N2O3/c20-19(21,22)13-3-1-6-16(9-13)27-11-17(25)23-14-4-2-5-15(10-14)24-18(26)12-7-8-12/h1-6,9-10,12H,7-8,11H2,(H,23,25)(H,24,26). The van der Waals surface area contributed by atoms with E-state index in [0.717, 1.165) is 25.0 Å². The molecule has 0 saturated heterocycles. The van der Waals surface area contributed by atoms with Crippen molar-refractivity contribution in [1.82, 2.24) is 0 Å². The second-order valence-electron chi connectivity index (χ2n) is 6.21. The average molecular weight is 378 g/mol. The molecule has 1 aliphatic carbocycles. The van der Waals surface area contributed by atoms with Crippen LogP contribution in [0.2, 0.25) is 0 Å². The van der Waals surface area contributed by atoms with Crippen LogP contribution in [0, 0.1) is 5.92 Å². The van der Waals surface area contributed by atoms with E-state index < -0.39 is 24.3 Å². The van der Waals surface area contributed by atoms with Crippen LogP contribution in [0.15, 0.2) is 48.5 Å². The Hall–Kier alpha value is -3.03. The van der Waals surface area contributed by atoms with Gasteiger partial charge >= 0.3 is 6.18 Å². The highest BCUT2D eigenvalue weighted by Gasteiger charge is 2.31. The number of halogens is 3. The molecule has 142 valence electrons. The highest BCUT2D eigenvalue weighted by Crippen LogP contribution is 2.31. The third-order valence-electron chi connectivity index (χ3n) is 3.89. The number of carbonyl (C=O) groups excluding carboxylic acids is 2. The normalized spacial score (nSPS) is 13.7. The maximum atomic E-state index is 12.7. The van der Waals surface area contributed by atoms with E-state index >= 15 is 0 Å². The SMILES string of the molecule is O=C(COc1cccc(C(F)(F)F)c1)Nc1cccc(NC(=O)C2CC2)c1. The molecule has 2 N–H and O–H groups in total. The summed E-state index contributed by atoms with van der Waals surface area (Å²) in [5, 5.41) is 5.35. The van der Waals surface area contributed by atoms with Crippen LogP contribution in [-0.4, -0.2) is 18.4 Å². The zero-order chi connectivity index (χ0) is 19.4. The van der Waals surface area contributed by atoms with Gasteiger partial charge in [-0.3, -0.25) is 9.59 Å². The lowest BCUT2D eigenvalue weighted by atomic mass is 10.2. The molecule has 1 fully saturated rings. The summed E-state index contributed by atoms with van der Waals surface area (Å²) in [6.45, 7) is -0.444. The lowest BCUT2D eigenvalue weighted by Gasteiger charge is -2.11. The second kappa shape index (κ2) is 7.69. The van der Waals surface area contributed by atoms with E-state index in [1.165, 1.54) is 12.1 Å². The zero-order valence-electron chi connectivity index (χ0n) is 14.2. The number of alkyl halides is 3. The van der Waals surface area contributed by atoms with Gasteiger partial charge in [-0.1, -0.05) is 12.1 Å². The average Bonchev–Trinajstić information content (AvgIpc) is 3.45. The van der Waals surface area contributed by atoms with Gasteiger partial charge in [-0.2, -0.15) is 13.2 Å². The highest BCUT2D eigenvalue weighted by atomic mass is 19.4. The maximum Gasteiger partial charge on any atom is 0.416 e. The third-order valence-corrected chi connectivity index (χ3v) is 3.89. The van der Waals surface area contributed by atoms with Crippen LogP contribution in [0.1, 0.15) is 18.4 Å². The number of nitrogens with one attached hydrogen (secondary N) is 2. The molecule has 2 aromatic rings. The number of carbonyl (C=O) groups is 2. The van der Waals surface area contributed by atoms with Crippen molar-refractivity contribution in [2.45, 2.75) is 19.0 Å². The molecule has 0 atom stereocenters. The molecule has 5 nitrogen and oxygen atoms in total. The lowest BCUT2D eigenvalue weighted by Crippen LogP contribution is -2.20. The van der Waals surface area contributed by atoms with Crippen molar-refractivity contribution in [3.63, 3.8) is 0 Å². The summed E-state index contributed by atoms with van der Waals surface area (Å²) >= 11 is 0. The smallest absolute Gasteiger partial charge is 0.416 e. The van der Waals surface area contributed by atoms with E-state index in [1.807, 2.05) is 0 Å². The number of ether oxygens (including phenoxy) is 1. The summed E-state index contributed by atoms with van der Waals surface area (Å²) < 4.78 is 43.1. The summed E-state index contributed by atoms with van der Waals surface area (Å²) in [6.07, 6.45) is -2.71. The van der Waals surface area contributed by atoms with Crippen molar-refractivity contribution in [1.29, 1.82) is 0 Å². The van der Waals surface area contributed by atoms with Crippen molar-refractivity contribution in [3.05, 3.63) is 54.1 Å². The van der Waals surface area contributed by atoms with Crippen molar-refractivity contribution in [2.24, 2.45) is 5.92 Å². The number of anilines is 2. The number of hydrogen-bond donors (Lipinski definition) is 2. The zero-order valence-corrected chi connectivity index (χ0v) is 14.2.